The van der Waals surface area contributed by atoms with Crippen LogP contribution in [0.25, 0.3) is 0 Å². The molecule has 6 heavy (non-hydrogen) atoms. The van der Waals surface area contributed by atoms with Crippen LogP contribution in [0.4, 0.5) is 4.79 Å². The third kappa shape index (κ3) is 106. The van der Waals surface area contributed by atoms with Crippen LogP contribution in [0.2, 0.25) is 0 Å². The van der Waals surface area contributed by atoms with Gasteiger partial charge in [0, 0.05) is 0 Å². The van der Waals surface area contributed by atoms with E-state index in [-0.39, 0.29) is 54.9 Å². The molecule has 2 N–H and O–H groups in total. The minimum absolute atomic E-state index is 0. The van der Waals surface area contributed by atoms with Crippen molar-refractivity contribution >= 4 is 6.16 Å². The van der Waals surface area contributed by atoms with Gasteiger partial charge in [0.25, 0.3) is 0 Å². The molecule has 1 radical (unpaired) electrons. The fourth-order valence-electron chi connectivity index (χ4n) is 0. The van der Waals surface area contributed by atoms with Crippen LogP contribution in [0.1, 0.15) is 0 Å². The Morgan fingerprint density at radius 2 is 1.33 bits per heavy atom. The van der Waals surface area contributed by atoms with Crippen LogP contribution in [-0.4, -0.2) is 11.6 Å². The second-order valence-corrected chi connectivity index (χ2v) is 0.250. The maximum atomic E-state index is 8.33. The van der Waals surface area contributed by atoms with E-state index >= 15 is 0 Å². The summed E-state index contributed by atoms with van der Waals surface area (Å²) in [6.07, 6.45) is -2.33. The Kier molecular flexibility index (Phi) is 24.4. The number of rotatable bonds is 0. The molecule has 0 aliphatic heterocycles. The zero-order valence-electron chi connectivity index (χ0n) is 2.60. The van der Waals surface area contributed by atoms with Crippen molar-refractivity contribution in [1.82, 2.24) is 0 Å². The second-order valence-electron chi connectivity index (χ2n) is 0.250. The van der Waals surface area contributed by atoms with Crippen molar-refractivity contribution in [1.29, 1.82) is 0 Å². The zero-order chi connectivity index (χ0) is 3.58. The first-order valence-electron chi connectivity index (χ1n) is 0.612. The van der Waals surface area contributed by atoms with E-state index in [2.05, 4.69) is 0 Å². The van der Waals surface area contributed by atoms with Crippen molar-refractivity contribution in [2.45, 2.75) is 0 Å². The molecule has 0 bridgehead atoms. The monoisotopic (exact) mass is 231 g/mol. The molecule has 37 valence electrons. The van der Waals surface area contributed by atoms with Crippen molar-refractivity contribution in [3.8, 4) is 0 Å². The van der Waals surface area contributed by atoms with E-state index in [1.54, 1.807) is 0 Å². The maximum Gasteiger partial charge on any atom is 2.00 e. The summed E-state index contributed by atoms with van der Waals surface area (Å²) in [4.78, 5) is 8.33. The molecule has 0 saturated carbocycles. The van der Waals surface area contributed by atoms with Crippen LogP contribution in [-0.2, 0) is 0 Å². The van der Waals surface area contributed by atoms with E-state index in [4.69, 9.17) is 15.0 Å². The Bertz CT molecular complexity index is 30.5. The van der Waals surface area contributed by atoms with E-state index < -0.39 is 6.16 Å². The normalized spacial score (nSPS) is 4.00. The minimum Gasteiger partial charge on any atom is -0.652 e. The second kappa shape index (κ2) is 9.26. The topological polar surface area (TPSA) is 94.7 Å². The molecule has 0 atom stereocenters. The quantitative estimate of drug-likeness (QED) is 0.436. The number of carbonyl (C=O) groups excluding carboxylic acids is 1. The van der Waals surface area contributed by atoms with Gasteiger partial charge in [-0.15, -0.1) is 0 Å². The van der Waals surface area contributed by atoms with Crippen LogP contribution in [0.15, 0.2) is 0 Å². The molecule has 0 fully saturated rings. The molecule has 0 aromatic rings. The molecule has 0 aliphatic rings. The predicted octanol–water partition coefficient (Wildman–Crippen LogP) is -3.27. The van der Waals surface area contributed by atoms with Gasteiger partial charge < -0.3 is 20.5 Å². The SMILES string of the molecule is O.O=C([O-])[O-].[Eu+2]. The number of carboxylic acid groups (broad SMARTS) is 2. The third-order valence-electron chi connectivity index (χ3n) is 0. The zero-order valence-corrected chi connectivity index (χ0v) is 5.03. The van der Waals surface area contributed by atoms with Crippen molar-refractivity contribution in [2.24, 2.45) is 0 Å². The van der Waals surface area contributed by atoms with E-state index in [0.717, 1.165) is 0 Å². The van der Waals surface area contributed by atoms with E-state index in [0.29, 0.717) is 0 Å². The number of hydrogen-bond acceptors (Lipinski definition) is 3. The fraction of sp³-hybridized carbons (Fsp3) is 0. The van der Waals surface area contributed by atoms with Gasteiger partial charge in [-0.25, -0.2) is 0 Å². The summed E-state index contributed by atoms with van der Waals surface area (Å²) in [6.45, 7) is 0. The van der Waals surface area contributed by atoms with Gasteiger partial charge in [0.1, 0.15) is 0 Å². The fourth-order valence-corrected chi connectivity index (χ4v) is 0. The third-order valence-corrected chi connectivity index (χ3v) is 0. The molecule has 5 heteroatoms. The van der Waals surface area contributed by atoms with Gasteiger partial charge in [-0.1, -0.05) is 0 Å². The van der Waals surface area contributed by atoms with E-state index in [1.807, 2.05) is 0 Å². The molecule has 0 heterocycles. The molecular weight excluding hydrogens is 228 g/mol. The smallest absolute Gasteiger partial charge is 0.652 e. The minimum atomic E-state index is -2.33. The van der Waals surface area contributed by atoms with Crippen LogP contribution >= 0.6 is 0 Å². The van der Waals surface area contributed by atoms with Gasteiger partial charge in [-0.05, 0) is 6.16 Å². The Morgan fingerprint density at radius 3 is 1.33 bits per heavy atom. The van der Waals surface area contributed by atoms with Gasteiger partial charge >= 0.3 is 49.4 Å². The Morgan fingerprint density at radius 1 is 1.33 bits per heavy atom. The molecule has 0 aromatic carbocycles. The van der Waals surface area contributed by atoms with Crippen LogP contribution in [0, 0.1) is 49.4 Å². The van der Waals surface area contributed by atoms with Crippen molar-refractivity contribution in [3.05, 3.63) is 0 Å². The summed E-state index contributed by atoms with van der Waals surface area (Å²) in [5, 5.41) is 16.7. The summed E-state index contributed by atoms with van der Waals surface area (Å²) >= 11 is 0. The maximum absolute atomic E-state index is 8.33. The predicted molar refractivity (Wildman–Crippen MR) is 9.01 cm³/mol. The molecule has 0 rings (SSSR count). The summed E-state index contributed by atoms with van der Waals surface area (Å²) in [5.41, 5.74) is 0. The average molecular weight is 230 g/mol. The van der Waals surface area contributed by atoms with Crippen LogP contribution in [0.3, 0.4) is 0 Å². The van der Waals surface area contributed by atoms with Gasteiger partial charge in [-0.3, -0.25) is 0 Å². The summed E-state index contributed by atoms with van der Waals surface area (Å²) in [5.74, 6) is 0. The summed E-state index contributed by atoms with van der Waals surface area (Å²) < 4.78 is 0. The van der Waals surface area contributed by atoms with Crippen LogP contribution < -0.4 is 10.2 Å². The first-order valence-corrected chi connectivity index (χ1v) is 0.612. The largest absolute Gasteiger partial charge is 2.00 e. The first kappa shape index (κ1) is 15.8. The molecule has 0 aliphatic carbocycles. The molecule has 0 saturated heterocycles. The van der Waals surface area contributed by atoms with Crippen molar-refractivity contribution in [3.63, 3.8) is 0 Å². The van der Waals surface area contributed by atoms with E-state index in [1.165, 1.54) is 0 Å². The van der Waals surface area contributed by atoms with Crippen LogP contribution in [0.5, 0.6) is 0 Å². The standard InChI is InChI=1S/CH2O3.Eu.H2O/c2-1(3)4;;/h(H2,2,3,4);;1H2/q;+2;/p-2. The van der Waals surface area contributed by atoms with Crippen molar-refractivity contribution in [2.75, 3.05) is 0 Å². The van der Waals surface area contributed by atoms with Gasteiger partial charge in [0.05, 0.1) is 0 Å². The Balaban J connectivity index is -0.0000000450. The molecule has 0 amide bonds. The number of hydrogen-bond donors (Lipinski definition) is 0. The van der Waals surface area contributed by atoms with E-state index in [9.17, 15) is 0 Å². The molecule has 0 aromatic heterocycles. The van der Waals surface area contributed by atoms with Gasteiger partial charge in [-0.2, -0.15) is 0 Å². The summed E-state index contributed by atoms with van der Waals surface area (Å²) in [7, 11) is 0. The van der Waals surface area contributed by atoms with Gasteiger partial charge in [0.15, 0.2) is 0 Å². The summed E-state index contributed by atoms with van der Waals surface area (Å²) in [6, 6.07) is 0. The average Bonchev–Trinajstić information content (AvgIpc) is 0.811. The molecule has 0 unspecified atom stereocenters. The first-order chi connectivity index (χ1) is 1.73. The Hall–Kier alpha value is 0.814. The molecule has 4 nitrogen and oxygen atoms in total. The molecular formula is CH2EuO4. The molecule has 0 spiro atoms. The van der Waals surface area contributed by atoms with Gasteiger partial charge in [0.2, 0.25) is 0 Å². The van der Waals surface area contributed by atoms with Crippen molar-refractivity contribution < 1.29 is 69.9 Å². The Labute approximate surface area is 75.0 Å². The number of carbonyl (C=O) groups is 1.